The maximum absolute atomic E-state index is 2.41. The summed E-state index contributed by atoms with van der Waals surface area (Å²) in [6.07, 6.45) is 0. The molecule has 10 aromatic carbocycles. The van der Waals surface area contributed by atoms with E-state index in [-0.39, 0.29) is 0 Å². The summed E-state index contributed by atoms with van der Waals surface area (Å²) in [7, 11) is 0. The van der Waals surface area contributed by atoms with E-state index in [1.54, 1.807) is 0 Å². The average molecular weight is 719 g/mol. The van der Waals surface area contributed by atoms with Crippen LogP contribution in [0.2, 0.25) is 0 Å². The van der Waals surface area contributed by atoms with Crippen molar-refractivity contribution < 1.29 is 0 Å². The third kappa shape index (κ3) is 5.65. The largest absolute Gasteiger partial charge is 0.310 e. The molecule has 0 atom stereocenters. The third-order valence-corrected chi connectivity index (χ3v) is 11.2. The van der Waals surface area contributed by atoms with Gasteiger partial charge in [0, 0.05) is 34.1 Å². The van der Waals surface area contributed by atoms with Gasteiger partial charge < -0.3 is 9.80 Å². The van der Waals surface area contributed by atoms with Crippen molar-refractivity contribution in [2.24, 2.45) is 0 Å². The molecule has 0 aliphatic rings. The van der Waals surface area contributed by atoms with Crippen LogP contribution in [0.4, 0.5) is 34.1 Å². The molecule has 0 amide bonds. The van der Waals surface area contributed by atoms with Crippen LogP contribution >= 0.6 is 0 Å². The number of fused-ring (bicyclic) bond motifs is 11. The van der Waals surface area contributed by atoms with Crippen LogP contribution in [0.1, 0.15) is 22.3 Å². The van der Waals surface area contributed by atoms with E-state index in [1.807, 2.05) is 0 Å². The molecule has 2 heteroatoms. The SMILES string of the molecule is Cc1cc(C)cc(N(c2ccccc2)c2ccc3c(c2)c2ccccc2c2c4ccc(N(c5ccccc5)c5cc(C)cc(C)c5)cc4c4ccccc4c32)c1. The van der Waals surface area contributed by atoms with Crippen molar-refractivity contribution in [2.75, 3.05) is 9.80 Å². The number of nitrogens with zero attached hydrogens (tertiary/aromatic N) is 2. The highest BCUT2D eigenvalue weighted by atomic mass is 15.1. The highest BCUT2D eigenvalue weighted by molar-refractivity contribution is 6.39. The van der Waals surface area contributed by atoms with Gasteiger partial charge in [0.1, 0.15) is 0 Å². The van der Waals surface area contributed by atoms with Crippen LogP contribution in [-0.2, 0) is 0 Å². The summed E-state index contributed by atoms with van der Waals surface area (Å²) in [4.78, 5) is 4.79. The normalized spacial score (nSPS) is 11.6. The summed E-state index contributed by atoms with van der Waals surface area (Å²) in [5, 5.41) is 12.7. The molecule has 0 aliphatic carbocycles. The Morgan fingerprint density at radius 2 is 0.554 bits per heavy atom. The van der Waals surface area contributed by atoms with Gasteiger partial charge >= 0.3 is 0 Å². The molecule has 0 fully saturated rings. The van der Waals surface area contributed by atoms with Crippen LogP contribution in [0, 0.1) is 27.7 Å². The number of para-hydroxylation sites is 2. The maximum atomic E-state index is 2.41. The highest BCUT2D eigenvalue weighted by Gasteiger charge is 2.21. The third-order valence-electron chi connectivity index (χ3n) is 11.2. The predicted molar refractivity (Wildman–Crippen MR) is 242 cm³/mol. The molecule has 0 saturated heterocycles. The number of aryl methyl sites for hydroxylation is 4. The zero-order valence-corrected chi connectivity index (χ0v) is 32.2. The summed E-state index contributed by atoms with van der Waals surface area (Å²) >= 11 is 0. The van der Waals surface area contributed by atoms with E-state index in [0.717, 1.165) is 34.1 Å². The van der Waals surface area contributed by atoms with Gasteiger partial charge in [-0.2, -0.15) is 0 Å². The van der Waals surface area contributed by atoms with E-state index in [0.29, 0.717) is 0 Å². The van der Waals surface area contributed by atoms with Crippen molar-refractivity contribution in [2.45, 2.75) is 27.7 Å². The van der Waals surface area contributed by atoms with Crippen molar-refractivity contribution in [3.8, 4) is 0 Å². The molecule has 0 N–H and O–H groups in total. The Bertz CT molecular complexity index is 2870. The molecule has 0 bridgehead atoms. The first-order valence-corrected chi connectivity index (χ1v) is 19.5. The number of hydrogen-bond acceptors (Lipinski definition) is 2. The summed E-state index contributed by atoms with van der Waals surface area (Å²) in [6, 6.07) is 67.3. The van der Waals surface area contributed by atoms with E-state index in [1.165, 1.54) is 76.1 Å². The predicted octanol–water partition coefficient (Wildman–Crippen LogP) is 15.6. The van der Waals surface area contributed by atoms with E-state index in [4.69, 9.17) is 0 Å². The topological polar surface area (TPSA) is 6.48 Å². The van der Waals surface area contributed by atoms with Crippen LogP contribution in [-0.4, -0.2) is 0 Å². The number of benzene rings is 10. The average Bonchev–Trinajstić information content (AvgIpc) is 3.21. The molecule has 0 saturated carbocycles. The molecule has 0 heterocycles. The van der Waals surface area contributed by atoms with Crippen molar-refractivity contribution in [1.82, 2.24) is 0 Å². The van der Waals surface area contributed by atoms with Gasteiger partial charge in [0.15, 0.2) is 0 Å². The zero-order valence-electron chi connectivity index (χ0n) is 32.2. The molecular weight excluding hydrogens is 677 g/mol. The lowest BCUT2D eigenvalue weighted by Gasteiger charge is -2.27. The monoisotopic (exact) mass is 718 g/mol. The van der Waals surface area contributed by atoms with Crippen LogP contribution in [0.15, 0.2) is 182 Å². The summed E-state index contributed by atoms with van der Waals surface area (Å²) in [5.74, 6) is 0. The van der Waals surface area contributed by atoms with Crippen LogP contribution in [0.25, 0.3) is 53.9 Å². The Hall–Kier alpha value is -6.90. The fraction of sp³-hybridized carbons (Fsp3) is 0.0741. The first-order chi connectivity index (χ1) is 27.4. The van der Waals surface area contributed by atoms with Gasteiger partial charge in [-0.15, -0.1) is 0 Å². The van der Waals surface area contributed by atoms with Crippen molar-refractivity contribution >= 4 is 88.0 Å². The molecule has 10 aromatic rings. The van der Waals surface area contributed by atoms with Gasteiger partial charge in [-0.1, -0.05) is 109 Å². The Morgan fingerprint density at radius 3 is 0.929 bits per heavy atom. The lowest BCUT2D eigenvalue weighted by Crippen LogP contribution is -2.10. The van der Waals surface area contributed by atoms with Crippen molar-refractivity contribution in [3.63, 3.8) is 0 Å². The number of rotatable bonds is 6. The Labute approximate surface area is 328 Å². The standard InChI is InChI=1S/C54H42N2/c1-35-27-36(2)30-43(29-35)55(39-15-7-5-8-16-39)41-23-25-49-51(33-41)45-19-11-13-21-47(45)54-50-26-24-42(34-52(50)46-20-12-14-22-48(46)53(49)54)56(40-17-9-6-10-18-40)44-31-37(3)28-38(4)32-44/h5-34H,1-4H3. The number of anilines is 6. The number of hydrogen-bond donors (Lipinski definition) is 0. The Kier molecular flexibility index (Phi) is 8.08. The summed E-state index contributed by atoms with van der Waals surface area (Å²) in [6.45, 7) is 8.73. The van der Waals surface area contributed by atoms with E-state index < -0.39 is 0 Å². The Balaban J connectivity index is 1.27. The Morgan fingerprint density at radius 1 is 0.232 bits per heavy atom. The molecule has 2 nitrogen and oxygen atoms in total. The molecule has 0 aromatic heterocycles. The van der Waals surface area contributed by atoms with Gasteiger partial charge in [0.25, 0.3) is 0 Å². The van der Waals surface area contributed by atoms with Crippen LogP contribution < -0.4 is 9.80 Å². The van der Waals surface area contributed by atoms with E-state index in [9.17, 15) is 0 Å². The molecular formula is C54H42N2. The summed E-state index contributed by atoms with van der Waals surface area (Å²) < 4.78 is 0. The van der Waals surface area contributed by atoms with Crippen molar-refractivity contribution in [3.05, 3.63) is 204 Å². The zero-order chi connectivity index (χ0) is 37.9. The van der Waals surface area contributed by atoms with Crippen molar-refractivity contribution in [1.29, 1.82) is 0 Å². The molecule has 0 aliphatic heterocycles. The van der Waals surface area contributed by atoms with E-state index in [2.05, 4.69) is 219 Å². The molecule has 0 radical (unpaired) electrons. The fourth-order valence-corrected chi connectivity index (χ4v) is 9.13. The summed E-state index contributed by atoms with van der Waals surface area (Å²) in [5.41, 5.74) is 11.9. The van der Waals surface area contributed by atoms with Gasteiger partial charge in [0.2, 0.25) is 0 Å². The second kappa shape index (κ2) is 13.4. The first-order valence-electron chi connectivity index (χ1n) is 19.5. The molecule has 0 unspecified atom stereocenters. The smallest absolute Gasteiger partial charge is 0.0468 e. The lowest BCUT2D eigenvalue weighted by atomic mass is 9.87. The van der Waals surface area contributed by atoms with Crippen LogP contribution in [0.3, 0.4) is 0 Å². The second-order valence-electron chi connectivity index (χ2n) is 15.3. The maximum Gasteiger partial charge on any atom is 0.0468 e. The minimum absolute atomic E-state index is 1.14. The quantitative estimate of drug-likeness (QED) is 0.158. The highest BCUT2D eigenvalue weighted by Crippen LogP contribution is 2.47. The first kappa shape index (κ1) is 33.7. The molecule has 56 heavy (non-hydrogen) atoms. The lowest BCUT2D eigenvalue weighted by molar-refractivity contribution is 1.26. The molecule has 10 rings (SSSR count). The van der Waals surface area contributed by atoms with Gasteiger partial charge in [-0.3, -0.25) is 0 Å². The molecule has 0 spiro atoms. The van der Waals surface area contributed by atoms with E-state index >= 15 is 0 Å². The second-order valence-corrected chi connectivity index (χ2v) is 15.3. The van der Waals surface area contributed by atoms with Crippen LogP contribution in [0.5, 0.6) is 0 Å². The fourth-order valence-electron chi connectivity index (χ4n) is 9.13. The minimum atomic E-state index is 1.14. The molecule has 268 valence electrons. The van der Waals surface area contributed by atoms with Gasteiger partial charge in [0.05, 0.1) is 0 Å². The van der Waals surface area contributed by atoms with Gasteiger partial charge in [-0.25, -0.2) is 0 Å². The minimum Gasteiger partial charge on any atom is -0.310 e. The van der Waals surface area contributed by atoms with Gasteiger partial charge in [-0.05, 0) is 177 Å².